The maximum Gasteiger partial charge on any atom is 0.270 e. The summed E-state index contributed by atoms with van der Waals surface area (Å²) >= 11 is 12.6. The smallest absolute Gasteiger partial charge is 0.270 e. The SMILES string of the molecule is O=C(/C=N/O)Nc1cc(Br)c(Oc2ccc(O)c(C(=O)c3ccc(Cl)cc3)c2)c(Br)c1. The minimum absolute atomic E-state index is 0.0687. The van der Waals surface area contributed by atoms with E-state index in [4.69, 9.17) is 21.5 Å². The zero-order valence-corrected chi connectivity index (χ0v) is 19.4. The number of halogens is 3. The maximum absolute atomic E-state index is 12.8. The molecule has 0 aliphatic rings. The zero-order chi connectivity index (χ0) is 22.5. The van der Waals surface area contributed by atoms with Crippen molar-refractivity contribution in [1.82, 2.24) is 0 Å². The number of nitrogens with one attached hydrogen (secondary N) is 1. The van der Waals surface area contributed by atoms with E-state index < -0.39 is 5.91 Å². The van der Waals surface area contributed by atoms with Crippen LogP contribution in [0.25, 0.3) is 0 Å². The van der Waals surface area contributed by atoms with Crippen molar-refractivity contribution in [3.05, 3.63) is 79.7 Å². The van der Waals surface area contributed by atoms with Crippen LogP contribution >= 0.6 is 43.5 Å². The minimum atomic E-state index is -0.612. The average Bonchev–Trinajstić information content (AvgIpc) is 2.72. The van der Waals surface area contributed by atoms with E-state index in [-0.39, 0.29) is 17.1 Å². The number of phenols is 1. The van der Waals surface area contributed by atoms with Crippen LogP contribution < -0.4 is 10.1 Å². The monoisotopic (exact) mass is 566 g/mol. The number of aromatic hydroxyl groups is 1. The fraction of sp³-hybridized carbons (Fsp3) is 0. The molecule has 0 radical (unpaired) electrons. The molecule has 0 aliphatic heterocycles. The van der Waals surface area contributed by atoms with Crippen molar-refractivity contribution in [2.45, 2.75) is 0 Å². The topological polar surface area (TPSA) is 108 Å². The highest BCUT2D eigenvalue weighted by molar-refractivity contribution is 9.11. The van der Waals surface area contributed by atoms with Gasteiger partial charge in [-0.15, -0.1) is 0 Å². The quantitative estimate of drug-likeness (QED) is 0.147. The molecule has 0 saturated heterocycles. The van der Waals surface area contributed by atoms with Crippen molar-refractivity contribution >= 4 is 67.1 Å². The molecular weight excluding hydrogens is 556 g/mol. The number of carbonyl (C=O) groups is 2. The van der Waals surface area contributed by atoms with E-state index in [1.54, 1.807) is 36.4 Å². The highest BCUT2D eigenvalue weighted by Gasteiger charge is 2.17. The molecule has 3 rings (SSSR count). The van der Waals surface area contributed by atoms with E-state index in [1.807, 2.05) is 0 Å². The molecule has 0 spiro atoms. The highest BCUT2D eigenvalue weighted by Crippen LogP contribution is 2.40. The van der Waals surface area contributed by atoms with Crippen LogP contribution in [0.15, 0.2) is 68.7 Å². The molecule has 158 valence electrons. The number of benzene rings is 3. The first-order valence-corrected chi connectivity index (χ1v) is 10.5. The fourth-order valence-corrected chi connectivity index (χ4v) is 4.07. The minimum Gasteiger partial charge on any atom is -0.507 e. The van der Waals surface area contributed by atoms with Crippen molar-refractivity contribution in [3.8, 4) is 17.2 Å². The molecule has 31 heavy (non-hydrogen) atoms. The summed E-state index contributed by atoms with van der Waals surface area (Å²) in [6.07, 6.45) is 0.724. The number of ketones is 1. The number of anilines is 1. The Hall–Kier alpha value is -2.88. The summed E-state index contributed by atoms with van der Waals surface area (Å²) in [5, 5.41) is 24.3. The van der Waals surface area contributed by atoms with Gasteiger partial charge in [-0.3, -0.25) is 9.59 Å². The van der Waals surface area contributed by atoms with E-state index in [2.05, 4.69) is 42.3 Å². The number of carbonyl (C=O) groups excluding carboxylic acids is 2. The van der Waals surface area contributed by atoms with Gasteiger partial charge < -0.3 is 20.4 Å². The van der Waals surface area contributed by atoms with E-state index in [0.717, 1.165) is 6.21 Å². The largest absolute Gasteiger partial charge is 0.507 e. The molecule has 0 fully saturated rings. The Morgan fingerprint density at radius 1 is 1.03 bits per heavy atom. The average molecular weight is 569 g/mol. The zero-order valence-electron chi connectivity index (χ0n) is 15.5. The van der Waals surface area contributed by atoms with Crippen molar-refractivity contribution in [2.75, 3.05) is 5.32 Å². The molecule has 0 unspecified atom stereocenters. The molecule has 3 N–H and O–H groups in total. The van der Waals surface area contributed by atoms with Crippen molar-refractivity contribution in [3.63, 3.8) is 0 Å². The lowest BCUT2D eigenvalue weighted by Crippen LogP contribution is -2.12. The van der Waals surface area contributed by atoms with Gasteiger partial charge in [0, 0.05) is 16.3 Å². The van der Waals surface area contributed by atoms with Gasteiger partial charge in [-0.05, 0) is 86.5 Å². The summed E-state index contributed by atoms with van der Waals surface area (Å²) < 4.78 is 6.88. The Bertz CT molecular complexity index is 1160. The summed E-state index contributed by atoms with van der Waals surface area (Å²) in [5.74, 6) is -0.501. The van der Waals surface area contributed by atoms with Crippen LogP contribution in [0.5, 0.6) is 17.2 Å². The lowest BCUT2D eigenvalue weighted by molar-refractivity contribution is -0.110. The third kappa shape index (κ3) is 5.63. The van der Waals surface area contributed by atoms with E-state index in [1.165, 1.54) is 18.2 Å². The summed E-state index contributed by atoms with van der Waals surface area (Å²) in [6.45, 7) is 0. The standard InChI is InChI=1S/C21H13Br2ClN2O5/c22-16-7-13(26-19(28)10-25-30)8-17(23)21(16)31-14-5-6-18(27)15(9-14)20(29)11-1-3-12(24)4-2-11/h1-10,27,30H,(H,26,28)/b25-10+. The normalized spacial score (nSPS) is 10.8. The van der Waals surface area contributed by atoms with Crippen LogP contribution in [0, 0.1) is 0 Å². The Morgan fingerprint density at radius 2 is 1.68 bits per heavy atom. The van der Waals surface area contributed by atoms with E-state index in [0.29, 0.717) is 36.7 Å². The molecule has 3 aromatic carbocycles. The van der Waals surface area contributed by atoms with Crippen LogP contribution in [-0.4, -0.2) is 28.2 Å². The predicted molar refractivity (Wildman–Crippen MR) is 124 cm³/mol. The predicted octanol–water partition coefficient (Wildman–Crippen LogP) is 5.99. The van der Waals surface area contributed by atoms with Crippen LogP contribution in [0.1, 0.15) is 15.9 Å². The van der Waals surface area contributed by atoms with Gasteiger partial charge in [0.2, 0.25) is 0 Å². The Morgan fingerprint density at radius 3 is 2.29 bits per heavy atom. The molecule has 1 amide bonds. The Kier molecular flexibility index (Phi) is 7.32. The van der Waals surface area contributed by atoms with Gasteiger partial charge in [0.25, 0.3) is 5.91 Å². The van der Waals surface area contributed by atoms with Gasteiger partial charge in [-0.1, -0.05) is 16.8 Å². The van der Waals surface area contributed by atoms with Gasteiger partial charge in [-0.25, -0.2) is 0 Å². The molecule has 0 aliphatic carbocycles. The summed E-state index contributed by atoms with van der Waals surface area (Å²) in [5.41, 5.74) is 0.852. The van der Waals surface area contributed by atoms with Crippen LogP contribution in [0.4, 0.5) is 5.69 Å². The highest BCUT2D eigenvalue weighted by atomic mass is 79.9. The van der Waals surface area contributed by atoms with Crippen LogP contribution in [0.3, 0.4) is 0 Å². The number of amides is 1. The molecular formula is C21H13Br2ClN2O5. The van der Waals surface area contributed by atoms with Gasteiger partial charge >= 0.3 is 0 Å². The number of nitrogens with zero attached hydrogens (tertiary/aromatic N) is 1. The summed E-state index contributed by atoms with van der Waals surface area (Å²) in [6, 6.07) is 13.8. The first kappa shape index (κ1) is 22.8. The molecule has 0 bridgehead atoms. The molecule has 3 aromatic rings. The molecule has 0 atom stereocenters. The summed E-state index contributed by atoms with van der Waals surface area (Å²) in [4.78, 5) is 24.3. The first-order valence-electron chi connectivity index (χ1n) is 8.57. The lowest BCUT2D eigenvalue weighted by atomic mass is 10.0. The van der Waals surface area contributed by atoms with Crippen molar-refractivity contribution in [1.29, 1.82) is 0 Å². The van der Waals surface area contributed by atoms with E-state index >= 15 is 0 Å². The molecule has 0 saturated carbocycles. The van der Waals surface area contributed by atoms with Gasteiger partial charge in [0.1, 0.15) is 17.7 Å². The molecule has 10 heteroatoms. The second-order valence-corrected chi connectivity index (χ2v) is 8.26. The third-order valence-corrected chi connectivity index (χ3v) is 5.41. The second-order valence-electron chi connectivity index (χ2n) is 6.12. The molecule has 7 nitrogen and oxygen atoms in total. The van der Waals surface area contributed by atoms with E-state index in [9.17, 15) is 14.7 Å². The van der Waals surface area contributed by atoms with Crippen molar-refractivity contribution < 1.29 is 24.6 Å². The molecule has 0 aromatic heterocycles. The number of ether oxygens (including phenoxy) is 1. The Labute approximate surface area is 198 Å². The number of oxime groups is 1. The van der Waals surface area contributed by atoms with Crippen LogP contribution in [-0.2, 0) is 4.79 Å². The van der Waals surface area contributed by atoms with Crippen molar-refractivity contribution in [2.24, 2.45) is 5.16 Å². The van der Waals surface area contributed by atoms with Gasteiger partial charge in [-0.2, -0.15) is 0 Å². The maximum atomic E-state index is 12.8. The van der Waals surface area contributed by atoms with Gasteiger partial charge in [0.15, 0.2) is 11.5 Å². The number of rotatable bonds is 6. The van der Waals surface area contributed by atoms with Crippen LogP contribution in [0.2, 0.25) is 5.02 Å². The van der Waals surface area contributed by atoms with Gasteiger partial charge in [0.05, 0.1) is 14.5 Å². The second kappa shape index (κ2) is 9.95. The Balaban J connectivity index is 1.88. The number of hydrogen-bond acceptors (Lipinski definition) is 6. The third-order valence-electron chi connectivity index (χ3n) is 3.98. The molecule has 0 heterocycles. The lowest BCUT2D eigenvalue weighted by Gasteiger charge is -2.13. The number of hydrogen-bond donors (Lipinski definition) is 3. The number of phenolic OH excluding ortho intramolecular Hbond substituents is 1. The fourth-order valence-electron chi connectivity index (χ4n) is 2.59. The first-order chi connectivity index (χ1) is 14.8. The summed E-state index contributed by atoms with van der Waals surface area (Å²) in [7, 11) is 0.